The van der Waals surface area contributed by atoms with Gasteiger partial charge in [0.2, 0.25) is 5.91 Å². The first-order valence-electron chi connectivity index (χ1n) is 11.0. The highest BCUT2D eigenvalue weighted by molar-refractivity contribution is 7.10. The predicted octanol–water partition coefficient (Wildman–Crippen LogP) is 3.90. The molecular weight excluding hydrogens is 394 g/mol. The Morgan fingerprint density at radius 1 is 1.23 bits per heavy atom. The summed E-state index contributed by atoms with van der Waals surface area (Å²) in [5.74, 6) is 0.365. The average Bonchev–Trinajstić information content (AvgIpc) is 3.28. The number of likely N-dealkylation sites (N-methyl/N-ethyl adjacent to an activating group) is 1. The number of rotatable bonds is 6. The Morgan fingerprint density at radius 3 is 2.83 bits per heavy atom. The third-order valence-electron chi connectivity index (χ3n) is 6.39. The summed E-state index contributed by atoms with van der Waals surface area (Å²) < 4.78 is 0. The van der Waals surface area contributed by atoms with Crippen LogP contribution in [0.2, 0.25) is 0 Å². The van der Waals surface area contributed by atoms with Crippen molar-refractivity contribution in [3.05, 3.63) is 57.8 Å². The van der Waals surface area contributed by atoms with Gasteiger partial charge in [-0.1, -0.05) is 31.2 Å². The molecule has 0 spiro atoms. The zero-order valence-corrected chi connectivity index (χ0v) is 18.7. The van der Waals surface area contributed by atoms with Gasteiger partial charge in [0.05, 0.1) is 12.0 Å². The van der Waals surface area contributed by atoms with Gasteiger partial charge in [-0.05, 0) is 61.3 Å². The van der Waals surface area contributed by atoms with Gasteiger partial charge in [0.25, 0.3) is 5.91 Å². The Hall–Kier alpha value is -2.18. The number of benzene rings is 1. The van der Waals surface area contributed by atoms with Crippen LogP contribution < -0.4 is 5.32 Å². The summed E-state index contributed by atoms with van der Waals surface area (Å²) in [6, 6.07) is 11.3. The van der Waals surface area contributed by atoms with E-state index in [4.69, 9.17) is 0 Å². The fraction of sp³-hybridized carbons (Fsp3) is 0.500. The van der Waals surface area contributed by atoms with Crippen molar-refractivity contribution in [3.8, 4) is 0 Å². The summed E-state index contributed by atoms with van der Waals surface area (Å²) in [5.41, 5.74) is 1.47. The molecule has 0 saturated carbocycles. The number of amides is 2. The molecule has 4 rings (SSSR count). The standard InChI is InChI=1S/C24H31N3O2S/c1-17-8-5-13-27(16-17)14-7-12-25-23(28)21-18-9-3-4-10-19(18)24(29)26(2)22(21)20-11-6-15-30-20/h3-4,6,9-11,15,17,21-22H,5,7-8,12-14,16H2,1-2H3,(H,25,28)/t17-,21-,22-/m1/s1. The number of hydrogen-bond donors (Lipinski definition) is 1. The van der Waals surface area contributed by atoms with Gasteiger partial charge in [-0.15, -0.1) is 11.3 Å². The summed E-state index contributed by atoms with van der Waals surface area (Å²) in [4.78, 5) is 31.6. The highest BCUT2D eigenvalue weighted by atomic mass is 32.1. The molecule has 0 bridgehead atoms. The van der Waals surface area contributed by atoms with Gasteiger partial charge in [0, 0.05) is 30.6 Å². The molecule has 0 radical (unpaired) electrons. The quantitative estimate of drug-likeness (QED) is 0.714. The van der Waals surface area contributed by atoms with Crippen LogP contribution in [0.25, 0.3) is 0 Å². The molecule has 2 aliphatic heterocycles. The van der Waals surface area contributed by atoms with Gasteiger partial charge >= 0.3 is 0 Å². The molecule has 0 unspecified atom stereocenters. The van der Waals surface area contributed by atoms with Crippen LogP contribution in [0, 0.1) is 5.92 Å². The third-order valence-corrected chi connectivity index (χ3v) is 7.33. The third kappa shape index (κ3) is 4.30. The fourth-order valence-electron chi connectivity index (χ4n) is 4.89. The van der Waals surface area contributed by atoms with Crippen molar-refractivity contribution >= 4 is 23.2 Å². The van der Waals surface area contributed by atoms with E-state index >= 15 is 0 Å². The molecule has 1 fully saturated rings. The second kappa shape index (κ2) is 9.31. The van der Waals surface area contributed by atoms with Gasteiger partial charge in [-0.3, -0.25) is 9.59 Å². The Kier molecular flexibility index (Phi) is 6.54. The van der Waals surface area contributed by atoms with E-state index in [2.05, 4.69) is 17.1 Å². The van der Waals surface area contributed by atoms with E-state index < -0.39 is 5.92 Å². The van der Waals surface area contributed by atoms with Crippen LogP contribution in [0.3, 0.4) is 0 Å². The number of carbonyl (C=O) groups excluding carboxylic acids is 2. The fourth-order valence-corrected chi connectivity index (χ4v) is 5.79. The lowest BCUT2D eigenvalue weighted by Gasteiger charge is -2.39. The van der Waals surface area contributed by atoms with E-state index in [1.54, 1.807) is 23.3 Å². The highest BCUT2D eigenvalue weighted by Crippen LogP contribution is 2.43. The maximum Gasteiger partial charge on any atom is 0.254 e. The van der Waals surface area contributed by atoms with Crippen LogP contribution in [-0.4, -0.2) is 54.8 Å². The van der Waals surface area contributed by atoms with Gasteiger partial charge in [-0.2, -0.15) is 0 Å². The van der Waals surface area contributed by atoms with E-state index in [9.17, 15) is 9.59 Å². The topological polar surface area (TPSA) is 52.7 Å². The lowest BCUT2D eigenvalue weighted by atomic mass is 9.81. The van der Waals surface area contributed by atoms with Crippen LogP contribution in [-0.2, 0) is 4.79 Å². The van der Waals surface area contributed by atoms with E-state index in [1.165, 1.54) is 19.4 Å². The summed E-state index contributed by atoms with van der Waals surface area (Å²) in [6.45, 7) is 6.34. The van der Waals surface area contributed by atoms with Crippen LogP contribution in [0.4, 0.5) is 0 Å². The van der Waals surface area contributed by atoms with Crippen molar-refractivity contribution < 1.29 is 9.59 Å². The van der Waals surface area contributed by atoms with E-state index in [1.807, 2.05) is 41.8 Å². The van der Waals surface area contributed by atoms with E-state index in [0.717, 1.165) is 35.9 Å². The molecule has 2 aliphatic rings. The van der Waals surface area contributed by atoms with Crippen molar-refractivity contribution in [2.45, 2.75) is 38.1 Å². The second-order valence-corrected chi connectivity index (χ2v) is 9.61. The number of nitrogens with one attached hydrogen (secondary N) is 1. The minimum atomic E-state index is -0.391. The Labute approximate surface area is 183 Å². The summed E-state index contributed by atoms with van der Waals surface area (Å²) in [7, 11) is 1.81. The smallest absolute Gasteiger partial charge is 0.254 e. The maximum absolute atomic E-state index is 13.4. The Balaban J connectivity index is 1.47. The molecule has 1 N–H and O–H groups in total. The summed E-state index contributed by atoms with van der Waals surface area (Å²) in [5, 5.41) is 5.18. The first-order valence-corrected chi connectivity index (χ1v) is 11.8. The van der Waals surface area contributed by atoms with Gasteiger partial charge in [0.1, 0.15) is 0 Å². The van der Waals surface area contributed by atoms with Crippen LogP contribution in [0.1, 0.15) is 58.9 Å². The molecule has 2 amide bonds. The number of likely N-dealkylation sites (tertiary alicyclic amines) is 1. The first-order chi connectivity index (χ1) is 14.6. The summed E-state index contributed by atoms with van der Waals surface area (Å²) >= 11 is 1.60. The molecule has 3 heterocycles. The van der Waals surface area contributed by atoms with Crippen LogP contribution in [0.5, 0.6) is 0 Å². The Morgan fingerprint density at radius 2 is 2.07 bits per heavy atom. The lowest BCUT2D eigenvalue weighted by Crippen LogP contribution is -2.45. The number of piperidine rings is 1. The lowest BCUT2D eigenvalue weighted by molar-refractivity contribution is -0.124. The minimum Gasteiger partial charge on any atom is -0.355 e. The number of thiophene rings is 1. The molecule has 2 aromatic rings. The number of hydrogen-bond acceptors (Lipinski definition) is 4. The normalized spacial score (nSPS) is 24.5. The Bertz CT molecular complexity index is 882. The molecule has 160 valence electrons. The minimum absolute atomic E-state index is 0.00668. The molecule has 0 aliphatic carbocycles. The number of nitrogens with zero attached hydrogens (tertiary/aromatic N) is 2. The van der Waals surface area contributed by atoms with Crippen LogP contribution >= 0.6 is 11.3 Å². The van der Waals surface area contributed by atoms with Crippen LogP contribution in [0.15, 0.2) is 41.8 Å². The van der Waals surface area contributed by atoms with Crippen molar-refractivity contribution in [2.24, 2.45) is 5.92 Å². The molecule has 1 aromatic carbocycles. The first kappa shape index (κ1) is 21.1. The average molecular weight is 426 g/mol. The van der Waals surface area contributed by atoms with Gasteiger partial charge in [-0.25, -0.2) is 0 Å². The molecule has 3 atom stereocenters. The van der Waals surface area contributed by atoms with Crippen molar-refractivity contribution in [1.82, 2.24) is 15.1 Å². The predicted molar refractivity (Wildman–Crippen MR) is 121 cm³/mol. The van der Waals surface area contributed by atoms with Crippen molar-refractivity contribution in [2.75, 3.05) is 33.2 Å². The SMILES string of the molecule is C[C@@H]1CCCN(CCCNC(=O)[C@@H]2c3ccccc3C(=O)N(C)[C@@H]2c2cccs2)C1. The number of fused-ring (bicyclic) bond motifs is 1. The largest absolute Gasteiger partial charge is 0.355 e. The zero-order chi connectivity index (χ0) is 21.1. The summed E-state index contributed by atoms with van der Waals surface area (Å²) in [6.07, 6.45) is 3.55. The van der Waals surface area contributed by atoms with Gasteiger partial charge in [0.15, 0.2) is 0 Å². The zero-order valence-electron chi connectivity index (χ0n) is 17.8. The maximum atomic E-state index is 13.4. The molecule has 5 nitrogen and oxygen atoms in total. The van der Waals surface area contributed by atoms with E-state index in [-0.39, 0.29) is 17.9 Å². The van der Waals surface area contributed by atoms with Crippen molar-refractivity contribution in [3.63, 3.8) is 0 Å². The van der Waals surface area contributed by atoms with Gasteiger partial charge < -0.3 is 15.1 Å². The molecule has 1 saturated heterocycles. The van der Waals surface area contributed by atoms with E-state index in [0.29, 0.717) is 12.1 Å². The molecule has 6 heteroatoms. The molecule has 1 aromatic heterocycles. The monoisotopic (exact) mass is 425 g/mol. The second-order valence-electron chi connectivity index (χ2n) is 8.63. The highest BCUT2D eigenvalue weighted by Gasteiger charge is 2.42. The molecular formula is C24H31N3O2S. The van der Waals surface area contributed by atoms with Crippen molar-refractivity contribution in [1.29, 1.82) is 0 Å². The molecule has 30 heavy (non-hydrogen) atoms. The number of carbonyl (C=O) groups is 2.